The van der Waals surface area contributed by atoms with Gasteiger partial charge in [-0.15, -0.1) is 0 Å². The molecule has 0 unspecified atom stereocenters. The van der Waals surface area contributed by atoms with Crippen LogP contribution in [0.4, 0.5) is 5.69 Å². The Labute approximate surface area is 156 Å². The lowest BCUT2D eigenvalue weighted by Crippen LogP contribution is -2.19. The summed E-state index contributed by atoms with van der Waals surface area (Å²) in [5.41, 5.74) is 2.23. The Hall–Kier alpha value is -1.76. The predicted octanol–water partition coefficient (Wildman–Crippen LogP) is 5.01. The van der Waals surface area contributed by atoms with Crippen LogP contribution in [0.15, 0.2) is 50.8 Å². The average molecular weight is 424 g/mol. The van der Waals surface area contributed by atoms with Gasteiger partial charge in [-0.1, -0.05) is 27.5 Å². The number of hydrogen-bond acceptors (Lipinski definition) is 4. The number of aromatic hydroxyl groups is 1. The maximum absolute atomic E-state index is 12.1. The summed E-state index contributed by atoms with van der Waals surface area (Å²) in [5, 5.41) is 13.8. The Balaban J connectivity index is 1.89. The van der Waals surface area contributed by atoms with Crippen molar-refractivity contribution in [1.29, 1.82) is 0 Å². The molecule has 7 heteroatoms. The number of aliphatic imine (C=N–C) groups is 1. The number of amides is 1. The molecule has 3 rings (SSSR count). The van der Waals surface area contributed by atoms with E-state index >= 15 is 0 Å². The second kappa shape index (κ2) is 7.01. The first-order valence-corrected chi connectivity index (χ1v) is 8.95. The largest absolute Gasteiger partial charge is 0.507 e. The molecule has 1 heterocycles. The fraction of sp³-hybridized carbons (Fsp3) is 0.0588. The van der Waals surface area contributed by atoms with E-state index in [9.17, 15) is 9.90 Å². The van der Waals surface area contributed by atoms with E-state index in [0.717, 1.165) is 15.7 Å². The minimum atomic E-state index is -0.246. The van der Waals surface area contributed by atoms with Crippen LogP contribution in [-0.2, 0) is 4.79 Å². The van der Waals surface area contributed by atoms with Gasteiger partial charge in [0.05, 0.1) is 10.6 Å². The molecule has 1 aliphatic heterocycles. The molecule has 0 saturated carbocycles. The molecule has 0 spiro atoms. The third kappa shape index (κ3) is 3.83. The molecule has 1 fully saturated rings. The highest BCUT2D eigenvalue weighted by molar-refractivity contribution is 9.10. The molecule has 0 aromatic heterocycles. The first-order valence-electron chi connectivity index (χ1n) is 6.96. The second-order valence-electron chi connectivity index (χ2n) is 5.12. The number of benzene rings is 2. The number of thioether (sulfide) groups is 1. The number of phenolic OH excluding ortho intramolecular Hbond substituents is 1. The van der Waals surface area contributed by atoms with E-state index in [1.54, 1.807) is 36.4 Å². The highest BCUT2D eigenvalue weighted by Gasteiger charge is 2.24. The number of hydrogen-bond donors (Lipinski definition) is 2. The molecule has 0 aliphatic carbocycles. The zero-order chi connectivity index (χ0) is 17.3. The molecule has 0 atom stereocenters. The van der Waals surface area contributed by atoms with Gasteiger partial charge in [-0.25, -0.2) is 4.99 Å². The molecular weight excluding hydrogens is 412 g/mol. The number of halogens is 2. The summed E-state index contributed by atoms with van der Waals surface area (Å²) in [5.74, 6) is -0.136. The van der Waals surface area contributed by atoms with Gasteiger partial charge in [0.1, 0.15) is 5.75 Å². The van der Waals surface area contributed by atoms with E-state index in [0.29, 0.717) is 20.7 Å². The number of rotatable bonds is 2. The van der Waals surface area contributed by atoms with Crippen LogP contribution in [0.1, 0.15) is 11.1 Å². The van der Waals surface area contributed by atoms with Crippen molar-refractivity contribution < 1.29 is 9.90 Å². The minimum absolute atomic E-state index is 0.109. The quantitative estimate of drug-likeness (QED) is 0.668. The van der Waals surface area contributed by atoms with Crippen molar-refractivity contribution in [3.8, 4) is 5.75 Å². The first kappa shape index (κ1) is 17.1. The van der Waals surface area contributed by atoms with E-state index < -0.39 is 0 Å². The second-order valence-corrected chi connectivity index (χ2v) is 7.50. The van der Waals surface area contributed by atoms with Crippen molar-refractivity contribution in [3.05, 3.63) is 61.9 Å². The number of carbonyl (C=O) groups is 1. The van der Waals surface area contributed by atoms with Crippen molar-refractivity contribution in [3.63, 3.8) is 0 Å². The monoisotopic (exact) mass is 422 g/mol. The summed E-state index contributed by atoms with van der Waals surface area (Å²) in [6.45, 7) is 1.91. The van der Waals surface area contributed by atoms with E-state index in [1.807, 2.05) is 13.0 Å². The van der Waals surface area contributed by atoms with Crippen molar-refractivity contribution >= 4 is 62.1 Å². The maximum Gasteiger partial charge on any atom is 0.264 e. The highest BCUT2D eigenvalue weighted by atomic mass is 79.9. The van der Waals surface area contributed by atoms with Gasteiger partial charge in [-0.05, 0) is 66.7 Å². The van der Waals surface area contributed by atoms with E-state index in [4.69, 9.17) is 11.6 Å². The fourth-order valence-electron chi connectivity index (χ4n) is 2.12. The SMILES string of the molecule is Cc1cc(Cl)ccc1N=C1NC(=O)/C(=C/c2cc(Br)ccc2O)S1. The van der Waals surface area contributed by atoms with E-state index in [1.165, 1.54) is 11.8 Å². The maximum atomic E-state index is 12.1. The normalized spacial score (nSPS) is 17.5. The number of amidine groups is 1. The van der Waals surface area contributed by atoms with Crippen LogP contribution in [0.25, 0.3) is 6.08 Å². The molecule has 1 aliphatic rings. The van der Waals surface area contributed by atoms with Gasteiger partial charge >= 0.3 is 0 Å². The standard InChI is InChI=1S/C17H12BrClN2O2S/c1-9-6-12(19)3-4-13(9)20-17-21-16(23)15(24-17)8-10-7-11(18)2-5-14(10)22/h2-8,22H,1H3,(H,20,21,23)/b15-8-. The third-order valence-electron chi connectivity index (χ3n) is 3.31. The van der Waals surface area contributed by atoms with Crippen molar-refractivity contribution in [2.75, 3.05) is 0 Å². The summed E-state index contributed by atoms with van der Waals surface area (Å²) >= 11 is 10.5. The summed E-state index contributed by atoms with van der Waals surface area (Å²) in [7, 11) is 0. The van der Waals surface area contributed by atoms with Crippen LogP contribution >= 0.6 is 39.3 Å². The lowest BCUT2D eigenvalue weighted by atomic mass is 10.2. The van der Waals surface area contributed by atoms with Crippen LogP contribution in [0.3, 0.4) is 0 Å². The Bertz CT molecular complexity index is 896. The van der Waals surface area contributed by atoms with Gasteiger partial charge in [0, 0.05) is 15.1 Å². The number of nitrogens with zero attached hydrogens (tertiary/aromatic N) is 1. The number of phenols is 1. The van der Waals surface area contributed by atoms with Gasteiger partial charge in [0.15, 0.2) is 5.17 Å². The van der Waals surface area contributed by atoms with Gasteiger partial charge in [-0.2, -0.15) is 0 Å². The highest BCUT2D eigenvalue weighted by Crippen LogP contribution is 2.32. The molecule has 2 aromatic carbocycles. The molecule has 4 nitrogen and oxygen atoms in total. The van der Waals surface area contributed by atoms with Crippen LogP contribution < -0.4 is 5.32 Å². The number of aryl methyl sites for hydroxylation is 1. The van der Waals surface area contributed by atoms with Gasteiger partial charge in [0.2, 0.25) is 0 Å². The minimum Gasteiger partial charge on any atom is -0.507 e. The summed E-state index contributed by atoms with van der Waals surface area (Å²) in [6, 6.07) is 10.4. The summed E-state index contributed by atoms with van der Waals surface area (Å²) in [4.78, 5) is 17.0. The Morgan fingerprint density at radius 1 is 1.29 bits per heavy atom. The number of carbonyl (C=O) groups excluding carboxylic acids is 1. The lowest BCUT2D eigenvalue weighted by Gasteiger charge is -2.01. The Kier molecular flexibility index (Phi) is 4.99. The summed E-state index contributed by atoms with van der Waals surface area (Å²) < 4.78 is 0.821. The molecule has 2 N–H and O–H groups in total. The van der Waals surface area contributed by atoms with Crippen molar-refractivity contribution in [1.82, 2.24) is 5.32 Å². The average Bonchev–Trinajstić information content (AvgIpc) is 2.86. The first-order chi connectivity index (χ1) is 11.4. The molecule has 1 saturated heterocycles. The molecule has 24 heavy (non-hydrogen) atoms. The number of nitrogens with one attached hydrogen (secondary N) is 1. The van der Waals surface area contributed by atoms with Gasteiger partial charge in [-0.3, -0.25) is 4.79 Å². The zero-order valence-corrected chi connectivity index (χ0v) is 15.7. The molecule has 0 radical (unpaired) electrons. The molecule has 0 bridgehead atoms. The smallest absolute Gasteiger partial charge is 0.264 e. The molecule has 2 aromatic rings. The molecular formula is C17H12BrClN2O2S. The summed E-state index contributed by atoms with van der Waals surface area (Å²) in [6.07, 6.45) is 1.64. The third-order valence-corrected chi connectivity index (χ3v) is 4.95. The Morgan fingerprint density at radius 2 is 2.08 bits per heavy atom. The predicted molar refractivity (Wildman–Crippen MR) is 103 cm³/mol. The molecule has 122 valence electrons. The van der Waals surface area contributed by atoms with Crippen LogP contribution in [0.5, 0.6) is 5.75 Å². The van der Waals surface area contributed by atoms with Crippen molar-refractivity contribution in [2.24, 2.45) is 4.99 Å². The topological polar surface area (TPSA) is 61.7 Å². The zero-order valence-electron chi connectivity index (χ0n) is 12.5. The lowest BCUT2D eigenvalue weighted by molar-refractivity contribution is -0.115. The van der Waals surface area contributed by atoms with Gasteiger partial charge < -0.3 is 10.4 Å². The Morgan fingerprint density at radius 3 is 2.83 bits per heavy atom. The molecule has 1 amide bonds. The fourth-order valence-corrected chi connectivity index (χ4v) is 3.55. The van der Waals surface area contributed by atoms with E-state index in [2.05, 4.69) is 26.2 Å². The van der Waals surface area contributed by atoms with Gasteiger partial charge in [0.25, 0.3) is 5.91 Å². The van der Waals surface area contributed by atoms with Crippen LogP contribution in [-0.4, -0.2) is 16.2 Å². The van der Waals surface area contributed by atoms with Crippen molar-refractivity contribution in [2.45, 2.75) is 6.92 Å². The van der Waals surface area contributed by atoms with Crippen LogP contribution in [0.2, 0.25) is 5.02 Å². The van der Waals surface area contributed by atoms with E-state index in [-0.39, 0.29) is 11.7 Å². The van der Waals surface area contributed by atoms with Crippen LogP contribution in [0, 0.1) is 6.92 Å².